The number of hydrogen-bond acceptors (Lipinski definition) is 4. The van der Waals surface area contributed by atoms with Gasteiger partial charge in [-0.05, 0) is 50.1 Å². The van der Waals surface area contributed by atoms with Crippen molar-refractivity contribution in [3.63, 3.8) is 0 Å². The van der Waals surface area contributed by atoms with E-state index in [4.69, 9.17) is 16.3 Å². The van der Waals surface area contributed by atoms with Crippen LogP contribution in [-0.2, 0) is 23.9 Å². The van der Waals surface area contributed by atoms with Gasteiger partial charge in [-0.3, -0.25) is 9.58 Å². The van der Waals surface area contributed by atoms with Gasteiger partial charge in [0.1, 0.15) is 5.54 Å². The number of benzene rings is 1. The molecule has 6 nitrogen and oxygen atoms in total. The van der Waals surface area contributed by atoms with Crippen LogP contribution in [0.5, 0.6) is 0 Å². The number of rotatable bonds is 2. The van der Waals surface area contributed by atoms with Gasteiger partial charge in [0.25, 0.3) is 0 Å². The van der Waals surface area contributed by atoms with Crippen molar-refractivity contribution in [2.75, 3.05) is 25.0 Å². The number of nitrogens with zero attached hydrogens (tertiary/aromatic N) is 4. The first-order valence-electron chi connectivity index (χ1n) is 11.1. The van der Waals surface area contributed by atoms with Crippen LogP contribution in [0.4, 0.5) is 5.69 Å². The van der Waals surface area contributed by atoms with Crippen LogP contribution in [0.25, 0.3) is 5.69 Å². The minimum Gasteiger partial charge on any atom is -0.372 e. The van der Waals surface area contributed by atoms with Gasteiger partial charge >= 0.3 is 0 Å². The van der Waals surface area contributed by atoms with Crippen LogP contribution in [0.2, 0.25) is 5.02 Å². The summed E-state index contributed by atoms with van der Waals surface area (Å²) in [6.45, 7) is 5.85. The van der Waals surface area contributed by atoms with Crippen LogP contribution in [0.1, 0.15) is 36.2 Å². The zero-order valence-electron chi connectivity index (χ0n) is 18.1. The SMILES string of the molecule is Cc1nn(C)cc1CN1CCC2(CC1)C[C@@]1(CO2)Nc2cc(Cl)ccc2-n2cccc21. The van der Waals surface area contributed by atoms with Crippen molar-refractivity contribution in [3.8, 4) is 5.69 Å². The molecule has 2 saturated heterocycles. The van der Waals surface area contributed by atoms with Gasteiger partial charge in [0.05, 0.1) is 35.0 Å². The van der Waals surface area contributed by atoms with Gasteiger partial charge < -0.3 is 14.6 Å². The lowest BCUT2D eigenvalue weighted by molar-refractivity contribution is -0.0452. The summed E-state index contributed by atoms with van der Waals surface area (Å²) in [4.78, 5) is 2.54. The molecule has 6 rings (SSSR count). The van der Waals surface area contributed by atoms with E-state index in [2.05, 4.69) is 57.4 Å². The fourth-order valence-corrected chi connectivity index (χ4v) is 5.95. The molecule has 0 unspecified atom stereocenters. The van der Waals surface area contributed by atoms with Gasteiger partial charge in [-0.25, -0.2) is 0 Å². The van der Waals surface area contributed by atoms with Crippen LogP contribution in [-0.4, -0.2) is 44.5 Å². The number of fused-ring (bicyclic) bond motifs is 4. The lowest BCUT2D eigenvalue weighted by Crippen LogP contribution is -2.46. The van der Waals surface area contributed by atoms with Crippen LogP contribution in [0, 0.1) is 6.92 Å². The van der Waals surface area contributed by atoms with Crippen LogP contribution >= 0.6 is 11.6 Å². The summed E-state index contributed by atoms with van der Waals surface area (Å²) in [6, 6.07) is 10.4. The predicted octanol–water partition coefficient (Wildman–Crippen LogP) is 4.25. The maximum Gasteiger partial charge on any atom is 0.104 e. The van der Waals surface area contributed by atoms with Gasteiger partial charge in [0.15, 0.2) is 0 Å². The molecule has 0 saturated carbocycles. The third-order valence-electron chi connectivity index (χ3n) is 7.36. The maximum atomic E-state index is 6.62. The van der Waals surface area contributed by atoms with E-state index in [0.717, 1.165) is 61.0 Å². The molecule has 3 aliphatic rings. The van der Waals surface area contributed by atoms with Gasteiger partial charge in [0, 0.05) is 56.1 Å². The van der Waals surface area contributed by atoms with E-state index < -0.39 is 0 Å². The van der Waals surface area contributed by atoms with Crippen LogP contribution in [0.15, 0.2) is 42.7 Å². The summed E-state index contributed by atoms with van der Waals surface area (Å²) < 4.78 is 10.8. The van der Waals surface area contributed by atoms with Crippen molar-refractivity contribution in [1.29, 1.82) is 0 Å². The molecular formula is C24H28ClN5O. The largest absolute Gasteiger partial charge is 0.372 e. The average molecular weight is 438 g/mol. The molecule has 0 aliphatic carbocycles. The van der Waals surface area contributed by atoms with E-state index >= 15 is 0 Å². The standard InChI is InChI=1S/C24H28ClN5O/c1-17-18(13-28(2)27-17)14-29-10-7-23(8-11-29)15-24(16-31-23)22-4-3-9-30(22)21-6-5-19(25)12-20(21)26-24/h3-6,9,12-13,26H,7-8,10-11,14-16H2,1-2H3/t24-/m0/s1. The maximum absolute atomic E-state index is 6.62. The molecule has 7 heteroatoms. The quantitative estimate of drug-likeness (QED) is 0.651. The molecule has 2 fully saturated rings. The minimum absolute atomic E-state index is 0.0708. The normalized spacial score (nSPS) is 24.4. The van der Waals surface area contributed by atoms with E-state index in [1.54, 1.807) is 0 Å². The second-order valence-corrected chi connectivity index (χ2v) is 9.91. The molecule has 5 heterocycles. The zero-order valence-corrected chi connectivity index (χ0v) is 18.8. The van der Waals surface area contributed by atoms with Crippen molar-refractivity contribution in [3.05, 3.63) is 64.7 Å². The van der Waals surface area contributed by atoms with E-state index in [1.807, 2.05) is 23.9 Å². The molecule has 1 atom stereocenters. The number of piperidine rings is 1. The molecule has 3 aliphatic heterocycles. The second kappa shape index (κ2) is 6.86. The molecule has 2 spiro atoms. The van der Waals surface area contributed by atoms with Gasteiger partial charge in [-0.1, -0.05) is 11.6 Å². The van der Waals surface area contributed by atoms with E-state index in [0.29, 0.717) is 6.61 Å². The highest BCUT2D eigenvalue weighted by atomic mass is 35.5. The number of hydrogen-bond donors (Lipinski definition) is 1. The molecule has 0 amide bonds. The Bertz CT molecular complexity index is 1140. The van der Waals surface area contributed by atoms with Gasteiger partial charge in [-0.15, -0.1) is 0 Å². The van der Waals surface area contributed by atoms with Crippen molar-refractivity contribution in [1.82, 2.24) is 19.2 Å². The first kappa shape index (κ1) is 19.4. The third-order valence-corrected chi connectivity index (χ3v) is 7.59. The molecular weight excluding hydrogens is 410 g/mol. The Balaban J connectivity index is 1.22. The predicted molar refractivity (Wildman–Crippen MR) is 122 cm³/mol. The topological polar surface area (TPSA) is 47.2 Å². The number of aromatic nitrogens is 3. The molecule has 162 valence electrons. The number of ether oxygens (including phenoxy) is 1. The molecule has 0 radical (unpaired) electrons. The van der Waals surface area contributed by atoms with Gasteiger partial charge in [0.2, 0.25) is 0 Å². The highest BCUT2D eigenvalue weighted by Crippen LogP contribution is 2.50. The monoisotopic (exact) mass is 437 g/mol. The van der Waals surface area contributed by atoms with E-state index in [1.165, 1.54) is 11.3 Å². The molecule has 31 heavy (non-hydrogen) atoms. The number of aryl methyl sites for hydroxylation is 2. The highest BCUT2D eigenvalue weighted by Gasteiger charge is 2.53. The van der Waals surface area contributed by atoms with Crippen LogP contribution < -0.4 is 5.32 Å². The number of likely N-dealkylation sites (tertiary alicyclic amines) is 1. The summed E-state index contributed by atoms with van der Waals surface area (Å²) in [7, 11) is 1.99. The first-order chi connectivity index (χ1) is 15.0. The second-order valence-electron chi connectivity index (χ2n) is 9.47. The summed E-state index contributed by atoms with van der Waals surface area (Å²) >= 11 is 6.32. The van der Waals surface area contributed by atoms with Crippen molar-refractivity contribution < 1.29 is 4.74 Å². The average Bonchev–Trinajstić information content (AvgIpc) is 3.43. The Labute approximate surface area is 187 Å². The van der Waals surface area contributed by atoms with Gasteiger partial charge in [-0.2, -0.15) is 5.10 Å². The molecule has 2 aromatic heterocycles. The molecule has 3 aromatic rings. The van der Waals surface area contributed by atoms with Crippen LogP contribution in [0.3, 0.4) is 0 Å². The number of nitrogens with one attached hydrogen (secondary N) is 1. The Morgan fingerprint density at radius 2 is 2.06 bits per heavy atom. The number of halogens is 1. The smallest absolute Gasteiger partial charge is 0.104 e. The third kappa shape index (κ3) is 3.12. The lowest BCUT2D eigenvalue weighted by Gasteiger charge is -2.41. The Morgan fingerprint density at radius 1 is 1.23 bits per heavy atom. The number of anilines is 1. The first-order valence-corrected chi connectivity index (χ1v) is 11.4. The Morgan fingerprint density at radius 3 is 2.84 bits per heavy atom. The molecule has 0 bridgehead atoms. The van der Waals surface area contributed by atoms with E-state index in [9.17, 15) is 0 Å². The van der Waals surface area contributed by atoms with Crippen molar-refractivity contribution >= 4 is 17.3 Å². The summed E-state index contributed by atoms with van der Waals surface area (Å²) in [5.41, 5.74) is 5.69. The fraction of sp³-hybridized carbons (Fsp3) is 0.458. The highest BCUT2D eigenvalue weighted by molar-refractivity contribution is 6.31. The van der Waals surface area contributed by atoms with E-state index in [-0.39, 0.29) is 11.1 Å². The van der Waals surface area contributed by atoms with Crippen molar-refractivity contribution in [2.24, 2.45) is 7.05 Å². The Kier molecular flexibility index (Phi) is 4.29. The fourth-order valence-electron chi connectivity index (χ4n) is 5.78. The lowest BCUT2D eigenvalue weighted by atomic mass is 9.79. The minimum atomic E-state index is -0.205. The summed E-state index contributed by atoms with van der Waals surface area (Å²) in [6.07, 6.45) is 7.38. The molecule has 1 N–H and O–H groups in total. The summed E-state index contributed by atoms with van der Waals surface area (Å²) in [5, 5.41) is 9.08. The van der Waals surface area contributed by atoms with Crippen molar-refractivity contribution in [2.45, 2.75) is 43.9 Å². The molecule has 1 aromatic carbocycles. The summed E-state index contributed by atoms with van der Waals surface area (Å²) in [5.74, 6) is 0. The zero-order chi connectivity index (χ0) is 21.2. The Hall–Kier alpha value is -2.28.